The quantitative estimate of drug-likeness (QED) is 0.160. The molecule has 0 fully saturated rings. The summed E-state index contributed by atoms with van der Waals surface area (Å²) in [6.45, 7) is 4.71. The summed E-state index contributed by atoms with van der Waals surface area (Å²) in [6.07, 6.45) is 0. The lowest BCUT2D eigenvalue weighted by molar-refractivity contribution is 0.660. The highest BCUT2D eigenvalue weighted by atomic mass is 15.0. The summed E-state index contributed by atoms with van der Waals surface area (Å²) >= 11 is 0. The van der Waals surface area contributed by atoms with Gasteiger partial charge in [0.05, 0.1) is 22.4 Å². The normalized spacial score (nSPS) is 12.7. The number of nitrogens with zero attached hydrogens (tertiary/aromatic N) is 3. The minimum atomic E-state index is -0.110. The third kappa shape index (κ3) is 6.36. The van der Waals surface area contributed by atoms with Gasteiger partial charge in [0, 0.05) is 38.6 Å². The Labute approximate surface area is 373 Å². The second-order valence-electron chi connectivity index (χ2n) is 17.4. The van der Waals surface area contributed by atoms with Crippen molar-refractivity contribution >= 4 is 21.8 Å². The summed E-state index contributed by atoms with van der Waals surface area (Å²) in [4.78, 5) is 10.4. The Morgan fingerprint density at radius 1 is 0.328 bits per heavy atom. The third-order valence-corrected chi connectivity index (χ3v) is 13.2. The van der Waals surface area contributed by atoms with Crippen LogP contribution in [0.4, 0.5) is 0 Å². The Morgan fingerprint density at radius 3 is 1.53 bits per heavy atom. The predicted molar refractivity (Wildman–Crippen MR) is 267 cm³/mol. The molecule has 0 saturated heterocycles. The molecule has 0 spiro atoms. The molecule has 0 aliphatic heterocycles. The maximum Gasteiger partial charge on any atom is 0.160 e. The number of benzene rings is 9. The third-order valence-electron chi connectivity index (χ3n) is 13.2. The summed E-state index contributed by atoms with van der Waals surface area (Å²) in [5.74, 6) is 0.694. The number of para-hydroxylation sites is 2. The number of aromatic nitrogens is 3. The molecule has 302 valence electrons. The van der Waals surface area contributed by atoms with Gasteiger partial charge >= 0.3 is 0 Å². The molecule has 2 aromatic heterocycles. The average Bonchev–Trinajstić information content (AvgIpc) is 3.82. The topological polar surface area (TPSA) is 30.7 Å². The van der Waals surface area contributed by atoms with Gasteiger partial charge in [-0.05, 0) is 122 Å². The van der Waals surface area contributed by atoms with E-state index >= 15 is 0 Å². The van der Waals surface area contributed by atoms with Crippen LogP contribution in [0, 0.1) is 0 Å². The fraction of sp³-hybridized carbons (Fsp3) is 0.0492. The molecule has 3 nitrogen and oxygen atoms in total. The molecule has 12 rings (SSSR count). The molecule has 9 aromatic carbocycles. The zero-order valence-electron chi connectivity index (χ0n) is 35.7. The van der Waals surface area contributed by atoms with E-state index in [1.165, 1.54) is 60.8 Å². The van der Waals surface area contributed by atoms with Crippen LogP contribution in [0.2, 0.25) is 0 Å². The first-order chi connectivity index (χ1) is 31.5. The molecule has 11 aromatic rings. The molecule has 0 amide bonds. The van der Waals surface area contributed by atoms with Gasteiger partial charge in [-0.3, -0.25) is 0 Å². The molecule has 0 atom stereocenters. The molecular formula is C61H43N3. The van der Waals surface area contributed by atoms with E-state index in [1.807, 2.05) is 12.1 Å². The minimum absolute atomic E-state index is 0.110. The monoisotopic (exact) mass is 817 g/mol. The van der Waals surface area contributed by atoms with E-state index in [0.29, 0.717) is 5.82 Å². The van der Waals surface area contributed by atoms with E-state index in [2.05, 4.69) is 231 Å². The van der Waals surface area contributed by atoms with E-state index in [1.54, 1.807) is 0 Å². The van der Waals surface area contributed by atoms with Crippen LogP contribution >= 0.6 is 0 Å². The predicted octanol–water partition coefficient (Wildman–Crippen LogP) is 15.9. The van der Waals surface area contributed by atoms with Crippen LogP contribution in [0.25, 0.3) is 106 Å². The molecule has 64 heavy (non-hydrogen) atoms. The van der Waals surface area contributed by atoms with Gasteiger partial charge in [-0.1, -0.05) is 172 Å². The Hall–Kier alpha value is -8.14. The molecule has 0 radical (unpaired) electrons. The Balaban J connectivity index is 1.04. The number of hydrogen-bond donors (Lipinski definition) is 0. The van der Waals surface area contributed by atoms with E-state index in [9.17, 15) is 0 Å². The van der Waals surface area contributed by atoms with Gasteiger partial charge in [0.2, 0.25) is 0 Å². The van der Waals surface area contributed by atoms with Crippen molar-refractivity contribution < 1.29 is 0 Å². The molecule has 0 N–H and O–H groups in total. The first kappa shape index (κ1) is 37.6. The van der Waals surface area contributed by atoms with E-state index < -0.39 is 0 Å². The number of fused-ring (bicyclic) bond motifs is 6. The van der Waals surface area contributed by atoms with Crippen molar-refractivity contribution in [3.63, 3.8) is 0 Å². The van der Waals surface area contributed by atoms with Crippen LogP contribution in [-0.2, 0) is 5.41 Å². The highest BCUT2D eigenvalue weighted by Gasteiger charge is 2.35. The summed E-state index contributed by atoms with van der Waals surface area (Å²) in [7, 11) is 0. The Morgan fingerprint density at radius 2 is 0.828 bits per heavy atom. The van der Waals surface area contributed by atoms with Gasteiger partial charge in [0.15, 0.2) is 5.82 Å². The Bertz CT molecular complexity index is 3510. The van der Waals surface area contributed by atoms with Crippen molar-refractivity contribution in [2.45, 2.75) is 19.3 Å². The zero-order valence-corrected chi connectivity index (χ0v) is 35.7. The van der Waals surface area contributed by atoms with Gasteiger partial charge in [-0.25, -0.2) is 9.97 Å². The smallest absolute Gasteiger partial charge is 0.160 e. The van der Waals surface area contributed by atoms with Crippen LogP contribution < -0.4 is 0 Å². The van der Waals surface area contributed by atoms with Crippen LogP contribution in [-0.4, -0.2) is 14.5 Å². The fourth-order valence-corrected chi connectivity index (χ4v) is 9.95. The lowest BCUT2D eigenvalue weighted by Crippen LogP contribution is -2.14. The lowest BCUT2D eigenvalue weighted by Gasteiger charge is -2.22. The molecule has 0 saturated carbocycles. The second-order valence-corrected chi connectivity index (χ2v) is 17.4. The molecule has 0 unspecified atom stereocenters. The van der Waals surface area contributed by atoms with Crippen molar-refractivity contribution in [3.8, 4) is 84.1 Å². The van der Waals surface area contributed by atoms with Crippen LogP contribution in [0.15, 0.2) is 224 Å². The van der Waals surface area contributed by atoms with Crippen molar-refractivity contribution in [2.75, 3.05) is 0 Å². The Kier molecular flexibility index (Phi) is 8.84. The number of rotatable bonds is 7. The maximum absolute atomic E-state index is 5.19. The highest BCUT2D eigenvalue weighted by Crippen LogP contribution is 2.50. The molecule has 3 heteroatoms. The number of hydrogen-bond acceptors (Lipinski definition) is 2. The van der Waals surface area contributed by atoms with Crippen LogP contribution in [0.5, 0.6) is 0 Å². The molecule has 1 aliphatic carbocycles. The SMILES string of the molecule is CC1(C)c2ccccc2-c2ccc(-c3cc(-c4cccc(-c5nc(-c6ccccc6)cc(-c6ccccc6)n5)c4)cc(-c4ccc5c(c4)c4ccccc4n5-c4ccccc4)c3)cc21. The van der Waals surface area contributed by atoms with Gasteiger partial charge < -0.3 is 4.57 Å². The molecule has 2 heterocycles. The van der Waals surface area contributed by atoms with Crippen LogP contribution in [0.3, 0.4) is 0 Å². The van der Waals surface area contributed by atoms with Gasteiger partial charge in [-0.15, -0.1) is 0 Å². The zero-order chi connectivity index (χ0) is 42.8. The largest absolute Gasteiger partial charge is 0.309 e. The van der Waals surface area contributed by atoms with E-state index in [0.717, 1.165) is 50.5 Å². The lowest BCUT2D eigenvalue weighted by atomic mass is 9.81. The standard InChI is InChI=1S/C61H43N3/c1-61(2)54-27-14-12-25-50(54)51-31-29-44(38-55(51)61)48-35-46(34-47(36-48)43-30-32-59-53(37-43)52-26-13-15-28-58(52)64(59)49-23-10-5-11-24-49)42-21-16-22-45(33-42)60-62-56(40-17-6-3-7-18-40)39-57(63-60)41-19-8-4-9-20-41/h3-39H,1-2H3. The van der Waals surface area contributed by atoms with Crippen molar-refractivity contribution in [2.24, 2.45) is 0 Å². The first-order valence-electron chi connectivity index (χ1n) is 22.1. The van der Waals surface area contributed by atoms with E-state index in [-0.39, 0.29) is 5.41 Å². The van der Waals surface area contributed by atoms with Gasteiger partial charge in [0.25, 0.3) is 0 Å². The van der Waals surface area contributed by atoms with Crippen molar-refractivity contribution in [3.05, 3.63) is 236 Å². The summed E-state index contributed by atoms with van der Waals surface area (Å²) < 4.78 is 2.38. The average molecular weight is 818 g/mol. The summed E-state index contributed by atoms with van der Waals surface area (Å²) in [5, 5.41) is 2.47. The molecule has 0 bridgehead atoms. The van der Waals surface area contributed by atoms with Crippen molar-refractivity contribution in [1.82, 2.24) is 14.5 Å². The van der Waals surface area contributed by atoms with Crippen molar-refractivity contribution in [1.29, 1.82) is 0 Å². The summed E-state index contributed by atoms with van der Waals surface area (Å²) in [5.41, 5.74) is 20.6. The first-order valence-corrected chi connectivity index (χ1v) is 22.1. The highest BCUT2D eigenvalue weighted by molar-refractivity contribution is 6.10. The molecule has 1 aliphatic rings. The minimum Gasteiger partial charge on any atom is -0.309 e. The van der Waals surface area contributed by atoms with Gasteiger partial charge in [0.1, 0.15) is 0 Å². The molecular weight excluding hydrogens is 775 g/mol. The maximum atomic E-state index is 5.19. The fourth-order valence-electron chi connectivity index (χ4n) is 9.95. The van der Waals surface area contributed by atoms with Crippen LogP contribution in [0.1, 0.15) is 25.0 Å². The summed E-state index contributed by atoms with van der Waals surface area (Å²) in [6, 6.07) is 81.0. The second kappa shape index (κ2) is 15.0. The van der Waals surface area contributed by atoms with Gasteiger partial charge in [-0.2, -0.15) is 0 Å². The van der Waals surface area contributed by atoms with E-state index in [4.69, 9.17) is 9.97 Å².